The molecule has 7 atom stereocenters. The number of phenolic OH excluding ortho intramolecular Hbond substituents is 2. The van der Waals surface area contributed by atoms with E-state index in [0.29, 0.717) is 70.3 Å². The number of methoxy groups -OCH3 is 1. The van der Waals surface area contributed by atoms with Gasteiger partial charge in [-0.05, 0) is 61.6 Å². The van der Waals surface area contributed by atoms with Crippen LogP contribution in [0.2, 0.25) is 0 Å². The normalized spacial score (nSPS) is 28.7. The van der Waals surface area contributed by atoms with Crippen LogP contribution in [0.25, 0.3) is 10.9 Å². The van der Waals surface area contributed by atoms with Crippen molar-refractivity contribution in [2.24, 2.45) is 0 Å². The zero-order chi connectivity index (χ0) is 38.1. The predicted octanol–water partition coefficient (Wildman–Crippen LogP) is 4.12. The van der Waals surface area contributed by atoms with Gasteiger partial charge in [-0.25, -0.2) is 4.79 Å². The van der Waals surface area contributed by atoms with Crippen LogP contribution in [0.5, 0.6) is 34.5 Å². The number of aromatic nitrogens is 1. The predicted molar refractivity (Wildman–Crippen MR) is 199 cm³/mol. The highest BCUT2D eigenvalue weighted by atomic mass is 32.2. The summed E-state index contributed by atoms with van der Waals surface area (Å²) < 4.78 is 30.5. The summed E-state index contributed by atoms with van der Waals surface area (Å²) in [5, 5.41) is 41.0. The van der Waals surface area contributed by atoms with Crippen LogP contribution in [0.3, 0.4) is 0 Å². The Morgan fingerprint density at radius 3 is 2.71 bits per heavy atom. The van der Waals surface area contributed by atoms with E-state index in [4.69, 9.17) is 23.7 Å². The highest BCUT2D eigenvalue weighted by Gasteiger charge is 2.60. The summed E-state index contributed by atoms with van der Waals surface area (Å²) in [7, 11) is 1.53. The third-order valence-electron chi connectivity index (χ3n) is 12.4. The molecule has 3 aromatic carbocycles. The molecule has 7 aliphatic heterocycles. The zero-order valence-electron chi connectivity index (χ0n) is 30.6. The maximum absolute atomic E-state index is 14.8. The van der Waals surface area contributed by atoms with Gasteiger partial charge in [-0.3, -0.25) is 15.0 Å². The quantitative estimate of drug-likeness (QED) is 0.145. The Kier molecular flexibility index (Phi) is 7.61. The number of aromatic amines is 1. The van der Waals surface area contributed by atoms with Crippen molar-refractivity contribution in [1.82, 2.24) is 20.5 Å². The molecule has 1 aromatic heterocycles. The monoisotopic (exact) mass is 765 g/mol. The van der Waals surface area contributed by atoms with Crippen LogP contribution < -0.4 is 29.6 Å². The number of rotatable bonds is 2. The summed E-state index contributed by atoms with van der Waals surface area (Å²) in [6, 6.07) is 6.94. The van der Waals surface area contributed by atoms with E-state index in [2.05, 4.69) is 26.6 Å². The number of hydrogen-bond donors (Lipinski definition) is 5. The van der Waals surface area contributed by atoms with Crippen molar-refractivity contribution < 1.29 is 43.5 Å². The molecule has 14 nitrogen and oxygen atoms in total. The topological polar surface area (TPSA) is 188 Å². The van der Waals surface area contributed by atoms with E-state index in [1.807, 2.05) is 19.9 Å². The van der Waals surface area contributed by atoms with Gasteiger partial charge >= 0.3 is 11.9 Å². The Balaban J connectivity index is 1.24. The number of H-pyrrole nitrogens is 1. The summed E-state index contributed by atoms with van der Waals surface area (Å²) in [6.45, 7) is 5.34. The Hall–Kier alpha value is -5.14. The fourth-order valence-electron chi connectivity index (χ4n) is 10.2. The Morgan fingerprint density at radius 1 is 1.11 bits per heavy atom. The van der Waals surface area contributed by atoms with E-state index in [9.17, 15) is 25.1 Å². The van der Waals surface area contributed by atoms with E-state index >= 15 is 0 Å². The number of hydrogen-bond acceptors (Lipinski definition) is 14. The number of piperazine rings is 1. The Bertz CT molecular complexity index is 2410. The molecule has 0 amide bonds. The lowest BCUT2D eigenvalue weighted by atomic mass is 9.72. The van der Waals surface area contributed by atoms with Crippen molar-refractivity contribution in [2.75, 3.05) is 32.8 Å². The maximum atomic E-state index is 14.8. The highest BCUT2D eigenvalue weighted by molar-refractivity contribution is 7.99. The van der Waals surface area contributed by atoms with E-state index in [1.165, 1.54) is 25.8 Å². The van der Waals surface area contributed by atoms with Crippen molar-refractivity contribution in [3.63, 3.8) is 0 Å². The van der Waals surface area contributed by atoms with Gasteiger partial charge in [0.2, 0.25) is 6.79 Å². The smallest absolute Gasteiger partial charge is 0.333 e. The summed E-state index contributed by atoms with van der Waals surface area (Å²) in [5.41, 5.74) is 5.39. The van der Waals surface area contributed by atoms with Gasteiger partial charge < -0.3 is 44.2 Å². The van der Waals surface area contributed by atoms with Crippen molar-refractivity contribution >= 4 is 34.6 Å². The van der Waals surface area contributed by atoms with E-state index in [-0.39, 0.29) is 36.7 Å². The second-order valence-electron chi connectivity index (χ2n) is 15.2. The van der Waals surface area contributed by atoms with Crippen molar-refractivity contribution in [2.45, 2.75) is 74.6 Å². The van der Waals surface area contributed by atoms with Crippen LogP contribution >= 0.6 is 11.8 Å². The van der Waals surface area contributed by atoms with Crippen LogP contribution in [0, 0.1) is 25.2 Å². The van der Waals surface area contributed by atoms with Gasteiger partial charge in [0.15, 0.2) is 28.5 Å². The fraction of sp³-hybridized carbons (Fsp3) is 0.425. The molecule has 2 saturated heterocycles. The standard InChI is InChI=1S/C40H39N5O9S/c1-16-9-19-10-24-25(12-41)45-26-13-51-39(49)40(38-21(7-8-42-40)22-11-20(47)5-6-23(22)44-38)14-55-37(31(45)30(43-24)27(19)32(48)33(16)50-4)29-28(26)36-35(52-15-53-36)17(2)34(29)54-18(3)46/h5-6,9,11,24-26,30-31,37,42-44,47-48H,7-8,10,13-15H2,1-4H3/t24-,25-,26+,30+,31?,37+,40+/m0/s1. The molecular weight excluding hydrogens is 727 g/mol. The van der Waals surface area contributed by atoms with Crippen LogP contribution in [0.1, 0.15) is 68.9 Å². The number of fused-ring (bicyclic) bond motifs is 11. The number of nitriles is 1. The maximum Gasteiger partial charge on any atom is 0.333 e. The lowest BCUT2D eigenvalue weighted by Crippen LogP contribution is -2.69. The summed E-state index contributed by atoms with van der Waals surface area (Å²) in [6.07, 6.45) is 1.09. The number of benzene rings is 3. The van der Waals surface area contributed by atoms with Crippen molar-refractivity contribution in [3.8, 4) is 40.6 Å². The minimum atomic E-state index is -1.32. The Morgan fingerprint density at radius 2 is 1.93 bits per heavy atom. The van der Waals surface area contributed by atoms with Crippen LogP contribution in [0.15, 0.2) is 24.3 Å². The number of carbonyl (C=O) groups is 2. The number of phenols is 2. The van der Waals surface area contributed by atoms with Gasteiger partial charge in [0.25, 0.3) is 0 Å². The number of nitrogens with zero attached hydrogens (tertiary/aromatic N) is 2. The molecule has 2 fully saturated rings. The van der Waals surface area contributed by atoms with Gasteiger partial charge in [0.1, 0.15) is 24.1 Å². The third-order valence-corrected chi connectivity index (χ3v) is 13.8. The van der Waals surface area contributed by atoms with E-state index in [1.54, 1.807) is 18.2 Å². The first-order chi connectivity index (χ1) is 26.6. The first-order valence-corrected chi connectivity index (χ1v) is 19.5. The van der Waals surface area contributed by atoms with Crippen molar-refractivity contribution in [1.29, 1.82) is 5.26 Å². The molecule has 0 aliphatic carbocycles. The lowest BCUT2D eigenvalue weighted by Gasteiger charge is -2.59. The molecule has 1 unspecified atom stereocenters. The fourth-order valence-corrected chi connectivity index (χ4v) is 11.9. The van der Waals surface area contributed by atoms with Crippen molar-refractivity contribution in [3.05, 3.63) is 68.9 Å². The van der Waals surface area contributed by atoms with Gasteiger partial charge in [0, 0.05) is 64.5 Å². The summed E-state index contributed by atoms with van der Waals surface area (Å²) >= 11 is 1.49. The molecule has 4 bridgehead atoms. The molecule has 55 heavy (non-hydrogen) atoms. The molecule has 7 aliphatic rings. The van der Waals surface area contributed by atoms with Gasteiger partial charge in [0.05, 0.1) is 36.2 Å². The lowest BCUT2D eigenvalue weighted by molar-refractivity contribution is -0.155. The van der Waals surface area contributed by atoms with Crippen LogP contribution in [-0.2, 0) is 32.7 Å². The number of carbonyl (C=O) groups excluding carboxylic acids is 2. The minimum absolute atomic E-state index is 0.0342. The number of aromatic hydroxyl groups is 2. The molecule has 284 valence electrons. The average Bonchev–Trinajstić information content (AvgIpc) is 3.80. The second kappa shape index (κ2) is 12.2. The number of ether oxygens (including phenoxy) is 5. The molecule has 5 N–H and O–H groups in total. The summed E-state index contributed by atoms with van der Waals surface area (Å²) in [4.78, 5) is 33.3. The third kappa shape index (κ3) is 4.65. The SMILES string of the molecule is COc1c(C)cc2c(c1O)[C@H]1N[C@@H](C2)[C@H](C#N)N2C1[C@@H]1SC[C@]3(NCCc4c3[nH]c3ccc(O)cc43)C(=O)OC[C@@H]2c2c3c(c(C)c(OC(C)=O)c21)OCO3. The summed E-state index contributed by atoms with van der Waals surface area (Å²) in [5.74, 6) is 0.971. The molecule has 4 aromatic rings. The van der Waals surface area contributed by atoms with Gasteiger partial charge in [-0.1, -0.05) is 6.07 Å². The first kappa shape index (κ1) is 34.4. The highest BCUT2D eigenvalue weighted by Crippen LogP contribution is 2.63. The number of thioether (sulfide) groups is 1. The number of nitrogens with one attached hydrogen (secondary N) is 3. The van der Waals surface area contributed by atoms with Crippen LogP contribution in [-0.4, -0.2) is 83.0 Å². The number of esters is 2. The largest absolute Gasteiger partial charge is 0.508 e. The molecule has 1 spiro atoms. The van der Waals surface area contributed by atoms with Gasteiger partial charge in [-0.2, -0.15) is 5.26 Å². The molecule has 0 saturated carbocycles. The first-order valence-electron chi connectivity index (χ1n) is 18.4. The average molecular weight is 766 g/mol. The zero-order valence-corrected chi connectivity index (χ0v) is 31.4. The van der Waals surface area contributed by atoms with Gasteiger partial charge in [-0.15, -0.1) is 11.8 Å². The molecule has 8 heterocycles. The molecule has 15 heteroatoms. The van der Waals surface area contributed by atoms with Crippen LogP contribution in [0.4, 0.5) is 0 Å². The van der Waals surface area contributed by atoms with E-state index in [0.717, 1.165) is 27.6 Å². The molecule has 11 rings (SSSR count). The number of aryl methyl sites for hydroxylation is 1. The Labute approximate surface area is 320 Å². The van der Waals surface area contributed by atoms with E-state index < -0.39 is 46.9 Å². The minimum Gasteiger partial charge on any atom is -0.508 e. The second-order valence-corrected chi connectivity index (χ2v) is 16.3. The molecule has 0 radical (unpaired) electrons. The molecular formula is C40H39N5O9S.